The first-order valence-electron chi connectivity index (χ1n) is 6.76. The molecular weight excluding hydrogens is 250 g/mol. The fraction of sp³-hybridized carbons (Fsp3) is 0.294. The largest absolute Gasteiger partial charge is 0.497 e. The zero-order valence-corrected chi connectivity index (χ0v) is 12.3. The van der Waals surface area contributed by atoms with E-state index in [-0.39, 0.29) is 0 Å². The van der Waals surface area contributed by atoms with E-state index in [2.05, 4.69) is 37.4 Å². The summed E-state index contributed by atoms with van der Waals surface area (Å²) in [5.41, 5.74) is 3.67. The minimum Gasteiger partial charge on any atom is -0.497 e. The summed E-state index contributed by atoms with van der Waals surface area (Å²) in [6, 6.07) is 14.1. The van der Waals surface area contributed by atoms with Gasteiger partial charge in [0, 0.05) is 12.2 Å². The topological polar surface area (TPSA) is 30.5 Å². The summed E-state index contributed by atoms with van der Waals surface area (Å²) in [6.07, 6.45) is 0. The van der Waals surface area contributed by atoms with Crippen LogP contribution in [0.25, 0.3) is 0 Å². The first-order chi connectivity index (χ1) is 9.67. The standard InChI is InChI=1S/C17H21NO2/c1-13-10-14(2)12-15(11-13)18-8-9-20-17-6-4-16(19-3)5-7-17/h4-7,10-12,18H,8-9H2,1-3H3. The Labute approximate surface area is 120 Å². The average molecular weight is 271 g/mol. The van der Waals surface area contributed by atoms with Gasteiger partial charge in [0.1, 0.15) is 18.1 Å². The molecule has 20 heavy (non-hydrogen) atoms. The van der Waals surface area contributed by atoms with E-state index in [1.807, 2.05) is 24.3 Å². The molecule has 2 aromatic carbocycles. The molecule has 0 fully saturated rings. The van der Waals surface area contributed by atoms with Gasteiger partial charge in [0.25, 0.3) is 0 Å². The Balaban J connectivity index is 1.78. The Bertz CT molecular complexity index is 529. The molecule has 106 valence electrons. The summed E-state index contributed by atoms with van der Waals surface area (Å²) in [4.78, 5) is 0. The second-order valence-electron chi connectivity index (χ2n) is 4.83. The van der Waals surface area contributed by atoms with Crippen molar-refractivity contribution in [2.45, 2.75) is 13.8 Å². The highest BCUT2D eigenvalue weighted by Gasteiger charge is 1.97. The normalized spacial score (nSPS) is 10.2. The first kappa shape index (κ1) is 14.3. The molecule has 0 aliphatic carbocycles. The summed E-state index contributed by atoms with van der Waals surface area (Å²) >= 11 is 0. The molecule has 0 saturated heterocycles. The third-order valence-corrected chi connectivity index (χ3v) is 2.98. The van der Waals surface area contributed by atoms with Gasteiger partial charge in [-0.1, -0.05) is 6.07 Å². The van der Waals surface area contributed by atoms with Crippen LogP contribution in [-0.2, 0) is 0 Å². The summed E-state index contributed by atoms with van der Waals surface area (Å²) in [6.45, 7) is 5.60. The van der Waals surface area contributed by atoms with E-state index >= 15 is 0 Å². The molecule has 0 heterocycles. The van der Waals surface area contributed by atoms with Crippen LogP contribution in [0, 0.1) is 13.8 Å². The Morgan fingerprint density at radius 1 is 0.900 bits per heavy atom. The van der Waals surface area contributed by atoms with E-state index in [0.717, 1.165) is 23.7 Å². The lowest BCUT2D eigenvalue weighted by Crippen LogP contribution is -2.11. The number of methoxy groups -OCH3 is 1. The maximum Gasteiger partial charge on any atom is 0.119 e. The third kappa shape index (κ3) is 4.19. The highest BCUT2D eigenvalue weighted by Crippen LogP contribution is 2.17. The monoisotopic (exact) mass is 271 g/mol. The zero-order valence-electron chi connectivity index (χ0n) is 12.3. The molecule has 0 aromatic heterocycles. The van der Waals surface area contributed by atoms with Gasteiger partial charge in [-0.05, 0) is 61.4 Å². The van der Waals surface area contributed by atoms with E-state index in [9.17, 15) is 0 Å². The van der Waals surface area contributed by atoms with E-state index < -0.39 is 0 Å². The molecule has 0 saturated carbocycles. The average Bonchev–Trinajstić information content (AvgIpc) is 2.43. The molecule has 3 nitrogen and oxygen atoms in total. The van der Waals surface area contributed by atoms with Crippen LogP contribution in [0.2, 0.25) is 0 Å². The van der Waals surface area contributed by atoms with Crippen LogP contribution in [-0.4, -0.2) is 20.3 Å². The number of ether oxygens (including phenoxy) is 2. The molecule has 2 aromatic rings. The third-order valence-electron chi connectivity index (χ3n) is 2.98. The molecule has 0 amide bonds. The highest BCUT2D eigenvalue weighted by molar-refractivity contribution is 5.48. The lowest BCUT2D eigenvalue weighted by Gasteiger charge is -2.10. The van der Waals surface area contributed by atoms with Gasteiger partial charge in [-0.25, -0.2) is 0 Å². The minimum atomic E-state index is 0.624. The number of aryl methyl sites for hydroxylation is 2. The molecule has 0 atom stereocenters. The summed E-state index contributed by atoms with van der Waals surface area (Å²) < 4.78 is 10.8. The molecular formula is C17H21NO2. The van der Waals surface area contributed by atoms with Gasteiger partial charge in [-0.15, -0.1) is 0 Å². The van der Waals surface area contributed by atoms with Crippen molar-refractivity contribution >= 4 is 5.69 Å². The summed E-state index contributed by atoms with van der Waals surface area (Å²) in [7, 11) is 1.66. The molecule has 0 aliphatic rings. The maximum absolute atomic E-state index is 5.67. The molecule has 0 unspecified atom stereocenters. The van der Waals surface area contributed by atoms with Gasteiger partial charge in [0.15, 0.2) is 0 Å². The molecule has 0 spiro atoms. The Morgan fingerprint density at radius 2 is 1.50 bits per heavy atom. The number of benzene rings is 2. The second-order valence-corrected chi connectivity index (χ2v) is 4.83. The Hall–Kier alpha value is -2.16. The molecule has 3 heteroatoms. The van der Waals surface area contributed by atoms with E-state index in [1.165, 1.54) is 11.1 Å². The minimum absolute atomic E-state index is 0.624. The number of rotatable bonds is 6. The van der Waals surface area contributed by atoms with Crippen LogP contribution >= 0.6 is 0 Å². The van der Waals surface area contributed by atoms with Crippen LogP contribution in [0.4, 0.5) is 5.69 Å². The summed E-state index contributed by atoms with van der Waals surface area (Å²) in [5, 5.41) is 3.37. The van der Waals surface area contributed by atoms with Crippen LogP contribution in [0.15, 0.2) is 42.5 Å². The maximum atomic E-state index is 5.67. The van der Waals surface area contributed by atoms with E-state index in [4.69, 9.17) is 9.47 Å². The molecule has 0 aliphatic heterocycles. The van der Waals surface area contributed by atoms with Gasteiger partial charge in [-0.2, -0.15) is 0 Å². The van der Waals surface area contributed by atoms with Crippen molar-refractivity contribution in [3.63, 3.8) is 0 Å². The molecule has 1 N–H and O–H groups in total. The highest BCUT2D eigenvalue weighted by atomic mass is 16.5. The van der Waals surface area contributed by atoms with Crippen LogP contribution in [0.5, 0.6) is 11.5 Å². The van der Waals surface area contributed by atoms with Gasteiger partial charge < -0.3 is 14.8 Å². The number of nitrogens with one attached hydrogen (secondary N) is 1. The van der Waals surface area contributed by atoms with Crippen LogP contribution in [0.1, 0.15) is 11.1 Å². The van der Waals surface area contributed by atoms with Crippen LogP contribution in [0.3, 0.4) is 0 Å². The van der Waals surface area contributed by atoms with Gasteiger partial charge in [0.05, 0.1) is 7.11 Å². The van der Waals surface area contributed by atoms with Crippen molar-refractivity contribution in [3.05, 3.63) is 53.6 Å². The fourth-order valence-electron chi connectivity index (χ4n) is 2.11. The summed E-state index contributed by atoms with van der Waals surface area (Å²) in [5.74, 6) is 1.69. The smallest absolute Gasteiger partial charge is 0.119 e. The molecule has 2 rings (SSSR count). The molecule has 0 radical (unpaired) electrons. The van der Waals surface area contributed by atoms with Gasteiger partial charge in [0.2, 0.25) is 0 Å². The Kier molecular flexibility index (Phi) is 4.88. The van der Waals surface area contributed by atoms with E-state index in [1.54, 1.807) is 7.11 Å². The van der Waals surface area contributed by atoms with Gasteiger partial charge >= 0.3 is 0 Å². The first-order valence-corrected chi connectivity index (χ1v) is 6.76. The number of anilines is 1. The Morgan fingerprint density at radius 3 is 2.10 bits per heavy atom. The predicted molar refractivity (Wildman–Crippen MR) is 82.9 cm³/mol. The van der Waals surface area contributed by atoms with Crippen molar-refractivity contribution in [1.82, 2.24) is 0 Å². The quantitative estimate of drug-likeness (QED) is 0.811. The lowest BCUT2D eigenvalue weighted by molar-refractivity contribution is 0.332. The molecule has 0 bridgehead atoms. The fourth-order valence-corrected chi connectivity index (χ4v) is 2.11. The number of hydrogen-bond acceptors (Lipinski definition) is 3. The number of hydrogen-bond donors (Lipinski definition) is 1. The van der Waals surface area contributed by atoms with Crippen molar-refractivity contribution in [3.8, 4) is 11.5 Å². The van der Waals surface area contributed by atoms with Crippen LogP contribution < -0.4 is 14.8 Å². The van der Waals surface area contributed by atoms with Crippen molar-refractivity contribution < 1.29 is 9.47 Å². The van der Waals surface area contributed by atoms with Crippen molar-refractivity contribution in [1.29, 1.82) is 0 Å². The van der Waals surface area contributed by atoms with E-state index in [0.29, 0.717) is 6.61 Å². The zero-order chi connectivity index (χ0) is 14.4. The predicted octanol–water partition coefficient (Wildman–Crippen LogP) is 3.80. The van der Waals surface area contributed by atoms with Crippen molar-refractivity contribution in [2.75, 3.05) is 25.6 Å². The SMILES string of the molecule is COc1ccc(OCCNc2cc(C)cc(C)c2)cc1. The van der Waals surface area contributed by atoms with Crippen molar-refractivity contribution in [2.24, 2.45) is 0 Å². The lowest BCUT2D eigenvalue weighted by atomic mass is 10.1. The van der Waals surface area contributed by atoms with Gasteiger partial charge in [-0.3, -0.25) is 0 Å². The second kappa shape index (κ2) is 6.85.